The number of unbranched alkanes of at least 4 members (excludes halogenated alkanes) is 4. The summed E-state index contributed by atoms with van der Waals surface area (Å²) in [5, 5.41) is 2.99. The number of hydrogen-bond donors (Lipinski definition) is 1. The van der Waals surface area contributed by atoms with Gasteiger partial charge in [0.15, 0.2) is 0 Å². The number of amides is 1. The van der Waals surface area contributed by atoms with Gasteiger partial charge in [0.25, 0.3) is 0 Å². The number of nitrogens with zero attached hydrogens (tertiary/aromatic N) is 1. The first-order chi connectivity index (χ1) is 8.20. The molecular formula is C14H30N2O. The van der Waals surface area contributed by atoms with Crippen molar-refractivity contribution in [3.8, 4) is 0 Å². The smallest absolute Gasteiger partial charge is 0.221 e. The van der Waals surface area contributed by atoms with E-state index < -0.39 is 0 Å². The maximum Gasteiger partial charge on any atom is 0.221 e. The van der Waals surface area contributed by atoms with Crippen LogP contribution in [0.5, 0.6) is 0 Å². The first-order valence-electron chi connectivity index (χ1n) is 7.16. The largest absolute Gasteiger partial charge is 0.356 e. The van der Waals surface area contributed by atoms with Gasteiger partial charge in [0, 0.05) is 19.5 Å². The molecule has 0 aliphatic rings. The minimum absolute atomic E-state index is 0.199. The summed E-state index contributed by atoms with van der Waals surface area (Å²) in [6.45, 7) is 7.21. The van der Waals surface area contributed by atoms with E-state index >= 15 is 0 Å². The molecule has 0 saturated carbocycles. The first-order valence-corrected chi connectivity index (χ1v) is 7.16. The fourth-order valence-corrected chi connectivity index (χ4v) is 1.70. The summed E-state index contributed by atoms with van der Waals surface area (Å²) in [6.07, 6.45) is 7.93. The lowest BCUT2D eigenvalue weighted by Crippen LogP contribution is -2.29. The van der Waals surface area contributed by atoms with Crippen LogP contribution < -0.4 is 5.32 Å². The van der Waals surface area contributed by atoms with Crippen molar-refractivity contribution >= 4 is 5.91 Å². The van der Waals surface area contributed by atoms with E-state index in [0.717, 1.165) is 26.1 Å². The lowest BCUT2D eigenvalue weighted by atomic mass is 10.2. The first kappa shape index (κ1) is 16.4. The van der Waals surface area contributed by atoms with Crippen LogP contribution in [0.15, 0.2) is 0 Å². The molecule has 3 heteroatoms. The molecule has 0 aliphatic carbocycles. The van der Waals surface area contributed by atoms with Gasteiger partial charge in [0.2, 0.25) is 5.91 Å². The molecule has 0 radical (unpaired) electrons. The Balaban J connectivity index is 3.33. The second kappa shape index (κ2) is 11.9. The standard InChI is InChI=1S/C14H30N2O/c1-4-6-8-9-11-15-14(17)10-13-16(3)12-7-5-2/h4-13H2,1-3H3,(H,15,17). The van der Waals surface area contributed by atoms with Crippen LogP contribution in [0, 0.1) is 0 Å². The molecule has 0 spiro atoms. The average molecular weight is 242 g/mol. The third kappa shape index (κ3) is 11.7. The van der Waals surface area contributed by atoms with E-state index in [4.69, 9.17) is 0 Å². The highest BCUT2D eigenvalue weighted by atomic mass is 16.1. The van der Waals surface area contributed by atoms with Gasteiger partial charge in [-0.05, 0) is 26.4 Å². The minimum Gasteiger partial charge on any atom is -0.356 e. The van der Waals surface area contributed by atoms with Crippen LogP contribution in [-0.2, 0) is 4.79 Å². The van der Waals surface area contributed by atoms with Crippen molar-refractivity contribution in [2.45, 2.75) is 58.8 Å². The van der Waals surface area contributed by atoms with Gasteiger partial charge in [0.05, 0.1) is 0 Å². The lowest BCUT2D eigenvalue weighted by molar-refractivity contribution is -0.121. The monoisotopic (exact) mass is 242 g/mol. The molecule has 0 unspecified atom stereocenters. The molecule has 1 amide bonds. The van der Waals surface area contributed by atoms with Gasteiger partial charge >= 0.3 is 0 Å². The van der Waals surface area contributed by atoms with Gasteiger partial charge in [-0.2, -0.15) is 0 Å². The lowest BCUT2D eigenvalue weighted by Gasteiger charge is -2.15. The molecule has 0 atom stereocenters. The Morgan fingerprint density at radius 3 is 2.35 bits per heavy atom. The summed E-state index contributed by atoms with van der Waals surface area (Å²) in [5.74, 6) is 0.199. The summed E-state index contributed by atoms with van der Waals surface area (Å²) in [7, 11) is 2.09. The molecule has 0 rings (SSSR count). The summed E-state index contributed by atoms with van der Waals surface area (Å²) in [4.78, 5) is 13.8. The Hall–Kier alpha value is -0.570. The molecule has 0 aromatic rings. The normalized spacial score (nSPS) is 10.8. The zero-order valence-corrected chi connectivity index (χ0v) is 11.9. The molecule has 0 bridgehead atoms. The predicted octanol–water partition coefficient (Wildman–Crippen LogP) is 2.80. The summed E-state index contributed by atoms with van der Waals surface area (Å²) >= 11 is 0. The number of rotatable bonds is 11. The molecule has 102 valence electrons. The van der Waals surface area contributed by atoms with Gasteiger partial charge in [-0.1, -0.05) is 39.5 Å². The van der Waals surface area contributed by atoms with Gasteiger partial charge in [-0.3, -0.25) is 4.79 Å². The van der Waals surface area contributed by atoms with Crippen molar-refractivity contribution in [1.29, 1.82) is 0 Å². The molecule has 0 aromatic carbocycles. The molecule has 17 heavy (non-hydrogen) atoms. The van der Waals surface area contributed by atoms with Crippen molar-refractivity contribution < 1.29 is 4.79 Å². The number of hydrogen-bond acceptors (Lipinski definition) is 2. The fraction of sp³-hybridized carbons (Fsp3) is 0.929. The Morgan fingerprint density at radius 1 is 1.00 bits per heavy atom. The van der Waals surface area contributed by atoms with E-state index in [1.807, 2.05) is 0 Å². The molecular weight excluding hydrogens is 212 g/mol. The van der Waals surface area contributed by atoms with Crippen molar-refractivity contribution in [2.75, 3.05) is 26.7 Å². The number of carbonyl (C=O) groups excluding carboxylic acids is 1. The summed E-state index contributed by atoms with van der Waals surface area (Å²) in [5.41, 5.74) is 0. The zero-order valence-electron chi connectivity index (χ0n) is 11.9. The highest BCUT2D eigenvalue weighted by Crippen LogP contribution is 1.97. The maximum absolute atomic E-state index is 11.5. The van der Waals surface area contributed by atoms with E-state index in [1.54, 1.807) is 0 Å². The topological polar surface area (TPSA) is 32.3 Å². The van der Waals surface area contributed by atoms with Crippen molar-refractivity contribution in [3.05, 3.63) is 0 Å². The van der Waals surface area contributed by atoms with E-state index in [9.17, 15) is 4.79 Å². The van der Waals surface area contributed by atoms with Gasteiger partial charge in [-0.15, -0.1) is 0 Å². The van der Waals surface area contributed by atoms with Crippen LogP contribution >= 0.6 is 0 Å². The van der Waals surface area contributed by atoms with Gasteiger partial charge in [0.1, 0.15) is 0 Å². The molecule has 1 N–H and O–H groups in total. The summed E-state index contributed by atoms with van der Waals surface area (Å²) in [6, 6.07) is 0. The third-order valence-corrected chi connectivity index (χ3v) is 2.97. The predicted molar refractivity (Wildman–Crippen MR) is 74.2 cm³/mol. The second-order valence-electron chi connectivity index (χ2n) is 4.82. The zero-order chi connectivity index (χ0) is 12.9. The molecule has 0 fully saturated rings. The van der Waals surface area contributed by atoms with Crippen LogP contribution in [0.4, 0.5) is 0 Å². The highest BCUT2D eigenvalue weighted by Gasteiger charge is 2.03. The molecule has 0 aromatic heterocycles. The van der Waals surface area contributed by atoms with Crippen LogP contribution in [0.3, 0.4) is 0 Å². The van der Waals surface area contributed by atoms with Gasteiger partial charge < -0.3 is 10.2 Å². The highest BCUT2D eigenvalue weighted by molar-refractivity contribution is 5.75. The molecule has 3 nitrogen and oxygen atoms in total. The molecule has 0 saturated heterocycles. The number of carbonyl (C=O) groups is 1. The Kier molecular flexibility index (Phi) is 11.5. The third-order valence-electron chi connectivity index (χ3n) is 2.97. The number of nitrogens with one attached hydrogen (secondary N) is 1. The van der Waals surface area contributed by atoms with E-state index in [0.29, 0.717) is 6.42 Å². The van der Waals surface area contributed by atoms with Crippen LogP contribution in [0.2, 0.25) is 0 Å². The average Bonchev–Trinajstić information content (AvgIpc) is 2.33. The maximum atomic E-state index is 11.5. The van der Waals surface area contributed by atoms with Crippen LogP contribution in [0.25, 0.3) is 0 Å². The summed E-state index contributed by atoms with van der Waals surface area (Å²) < 4.78 is 0. The molecule has 0 aliphatic heterocycles. The Bertz CT molecular complexity index is 183. The van der Waals surface area contributed by atoms with E-state index in [2.05, 4.69) is 31.1 Å². The van der Waals surface area contributed by atoms with E-state index in [-0.39, 0.29) is 5.91 Å². The van der Waals surface area contributed by atoms with Gasteiger partial charge in [-0.25, -0.2) is 0 Å². The van der Waals surface area contributed by atoms with Crippen LogP contribution in [-0.4, -0.2) is 37.5 Å². The van der Waals surface area contributed by atoms with Crippen molar-refractivity contribution in [3.63, 3.8) is 0 Å². The molecule has 0 heterocycles. The SMILES string of the molecule is CCCCCCNC(=O)CCN(C)CCCC. The Labute approximate surface area is 107 Å². The second-order valence-corrected chi connectivity index (χ2v) is 4.82. The van der Waals surface area contributed by atoms with E-state index in [1.165, 1.54) is 32.1 Å². The minimum atomic E-state index is 0.199. The van der Waals surface area contributed by atoms with Crippen LogP contribution in [0.1, 0.15) is 58.8 Å². The fourth-order valence-electron chi connectivity index (χ4n) is 1.70. The van der Waals surface area contributed by atoms with Crippen molar-refractivity contribution in [1.82, 2.24) is 10.2 Å². The van der Waals surface area contributed by atoms with Crippen molar-refractivity contribution in [2.24, 2.45) is 0 Å². The Morgan fingerprint density at radius 2 is 1.71 bits per heavy atom. The quantitative estimate of drug-likeness (QED) is 0.565.